The van der Waals surface area contributed by atoms with Crippen molar-refractivity contribution >= 4 is 24.3 Å². The van der Waals surface area contributed by atoms with Crippen molar-refractivity contribution in [2.24, 2.45) is 31.8 Å². The molecule has 0 spiro atoms. The summed E-state index contributed by atoms with van der Waals surface area (Å²) in [6.45, 7) is -0.319. The Morgan fingerprint density at radius 2 is 0.905 bits per heavy atom. The summed E-state index contributed by atoms with van der Waals surface area (Å²) in [5, 5.41) is 0. The largest absolute Gasteiger partial charge is 0.236 e. The molecule has 0 radical (unpaired) electrons. The number of isocyanates is 4. The summed E-state index contributed by atoms with van der Waals surface area (Å²) >= 11 is 0. The van der Waals surface area contributed by atoms with Gasteiger partial charge in [-0.2, -0.15) is 20.0 Å². The lowest BCUT2D eigenvalue weighted by atomic mass is 10.0. The van der Waals surface area contributed by atoms with Crippen molar-refractivity contribution in [1.29, 1.82) is 0 Å². The highest BCUT2D eigenvalue weighted by atomic mass is 16.1. The fourth-order valence-electron chi connectivity index (χ4n) is 2.36. The average molecular weight is 292 g/mol. The smallest absolute Gasteiger partial charge is 0.211 e. The van der Waals surface area contributed by atoms with Gasteiger partial charge in [-0.05, 0) is 18.3 Å². The minimum atomic E-state index is -0.160. The molecule has 2 rings (SSSR count). The first-order valence-corrected chi connectivity index (χ1v) is 6.43. The van der Waals surface area contributed by atoms with Gasteiger partial charge in [0.25, 0.3) is 0 Å². The number of hydrogen-bond acceptors (Lipinski definition) is 8. The van der Waals surface area contributed by atoms with Gasteiger partial charge < -0.3 is 0 Å². The van der Waals surface area contributed by atoms with E-state index in [1.54, 1.807) is 32.1 Å². The van der Waals surface area contributed by atoms with Gasteiger partial charge in [-0.25, -0.2) is 19.2 Å². The van der Waals surface area contributed by atoms with Crippen LogP contribution in [0.1, 0.15) is 32.1 Å². The lowest BCUT2D eigenvalue weighted by Gasteiger charge is -2.05. The summed E-state index contributed by atoms with van der Waals surface area (Å²) in [7, 11) is 0. The van der Waals surface area contributed by atoms with Gasteiger partial charge in [-0.1, -0.05) is 25.7 Å². The van der Waals surface area contributed by atoms with E-state index in [-0.39, 0.29) is 13.3 Å². The molecule has 0 saturated heterocycles. The van der Waals surface area contributed by atoms with Crippen LogP contribution in [0.25, 0.3) is 0 Å². The van der Waals surface area contributed by atoms with Crippen molar-refractivity contribution in [3.63, 3.8) is 0 Å². The quantitative estimate of drug-likeness (QED) is 0.575. The zero-order chi connectivity index (χ0) is 15.8. The van der Waals surface area contributed by atoms with Crippen LogP contribution in [0, 0.1) is 11.8 Å². The Hall–Kier alpha value is -2.48. The van der Waals surface area contributed by atoms with Gasteiger partial charge in [0.1, 0.15) is 0 Å². The molecule has 2 aliphatic carbocycles. The SMILES string of the molecule is C1CC2CCC1C2.O=C=NCN=C=O.O=C=NCN=C=O. The number of fused-ring (bicyclic) bond motifs is 2. The summed E-state index contributed by atoms with van der Waals surface area (Å²) < 4.78 is 0. The van der Waals surface area contributed by atoms with Crippen LogP contribution in [-0.4, -0.2) is 37.7 Å². The molecule has 0 aromatic carbocycles. The average Bonchev–Trinajstić information content (AvgIpc) is 3.15. The van der Waals surface area contributed by atoms with Gasteiger partial charge in [0.05, 0.1) is 0 Å². The summed E-state index contributed by atoms with van der Waals surface area (Å²) in [4.78, 5) is 48.5. The molecule has 0 amide bonds. The minimum Gasteiger partial charge on any atom is -0.211 e. The second kappa shape index (κ2) is 13.9. The lowest BCUT2D eigenvalue weighted by Crippen LogP contribution is -1.90. The molecular weight excluding hydrogens is 276 g/mol. The first-order chi connectivity index (χ1) is 10.3. The van der Waals surface area contributed by atoms with Crippen molar-refractivity contribution in [3.05, 3.63) is 0 Å². The predicted octanol–water partition coefficient (Wildman–Crippen LogP) is 1.43. The van der Waals surface area contributed by atoms with E-state index in [4.69, 9.17) is 0 Å². The molecule has 2 fully saturated rings. The summed E-state index contributed by atoms with van der Waals surface area (Å²) in [5.74, 6) is 2.34. The number of nitrogens with zero attached hydrogens (tertiary/aromatic N) is 4. The van der Waals surface area contributed by atoms with Crippen molar-refractivity contribution in [3.8, 4) is 0 Å². The van der Waals surface area contributed by atoms with Crippen molar-refractivity contribution in [2.75, 3.05) is 13.3 Å². The third kappa shape index (κ3) is 11.1. The van der Waals surface area contributed by atoms with E-state index in [9.17, 15) is 19.2 Å². The molecule has 112 valence electrons. The van der Waals surface area contributed by atoms with Gasteiger partial charge in [0.15, 0.2) is 13.3 Å². The standard InChI is InChI=1S/C7H12.2C3H2N2O2/c1-2-7-4-3-6(1)5-7;2*6-2-4-1-5-3-7/h6-7H,1-5H2;2*1H2. The Morgan fingerprint density at radius 1 is 0.619 bits per heavy atom. The Labute approximate surface area is 121 Å². The summed E-state index contributed by atoms with van der Waals surface area (Å²) in [6.07, 6.45) is 12.6. The monoisotopic (exact) mass is 292 g/mol. The van der Waals surface area contributed by atoms with Crippen LogP contribution in [0.3, 0.4) is 0 Å². The maximum atomic E-state index is 9.20. The van der Waals surface area contributed by atoms with Gasteiger partial charge in [-0.15, -0.1) is 0 Å². The predicted molar refractivity (Wildman–Crippen MR) is 72.3 cm³/mol. The fraction of sp³-hybridized carbons (Fsp3) is 0.692. The van der Waals surface area contributed by atoms with E-state index in [2.05, 4.69) is 20.0 Å². The summed E-state index contributed by atoms with van der Waals surface area (Å²) in [6, 6.07) is 0. The Kier molecular flexibility index (Phi) is 12.3. The second-order valence-electron chi connectivity index (χ2n) is 4.40. The summed E-state index contributed by atoms with van der Waals surface area (Å²) in [5.41, 5.74) is 0. The van der Waals surface area contributed by atoms with E-state index < -0.39 is 0 Å². The Balaban J connectivity index is 0.000000286. The molecule has 0 aromatic rings. The highest BCUT2D eigenvalue weighted by Gasteiger charge is 2.30. The second-order valence-corrected chi connectivity index (χ2v) is 4.40. The third-order valence-corrected chi connectivity index (χ3v) is 3.17. The zero-order valence-electron chi connectivity index (χ0n) is 11.5. The molecule has 0 N–H and O–H groups in total. The maximum Gasteiger partial charge on any atom is 0.236 e. The van der Waals surface area contributed by atoms with Gasteiger partial charge in [0.2, 0.25) is 24.3 Å². The van der Waals surface area contributed by atoms with Crippen molar-refractivity contribution < 1.29 is 19.2 Å². The molecule has 21 heavy (non-hydrogen) atoms. The molecule has 2 saturated carbocycles. The molecule has 8 nitrogen and oxygen atoms in total. The molecule has 2 aliphatic rings. The lowest BCUT2D eigenvalue weighted by molar-refractivity contribution is 0.480. The normalized spacial score (nSPS) is 19.8. The molecule has 0 atom stereocenters. The van der Waals surface area contributed by atoms with Crippen LogP contribution >= 0.6 is 0 Å². The minimum absolute atomic E-state index is 0.160. The topological polar surface area (TPSA) is 118 Å². The van der Waals surface area contributed by atoms with Gasteiger partial charge in [-0.3, -0.25) is 0 Å². The third-order valence-electron chi connectivity index (χ3n) is 3.17. The molecule has 0 unspecified atom stereocenters. The molecular formula is C13H16N4O4. The molecule has 0 aliphatic heterocycles. The molecule has 0 aromatic heterocycles. The highest BCUT2D eigenvalue weighted by molar-refractivity contribution is 5.35. The van der Waals surface area contributed by atoms with Crippen molar-refractivity contribution in [2.45, 2.75) is 32.1 Å². The maximum absolute atomic E-state index is 9.20. The van der Waals surface area contributed by atoms with E-state index in [0.717, 1.165) is 0 Å². The van der Waals surface area contributed by atoms with Crippen molar-refractivity contribution in [1.82, 2.24) is 0 Å². The van der Waals surface area contributed by atoms with Crippen LogP contribution in [0.15, 0.2) is 20.0 Å². The van der Waals surface area contributed by atoms with Crippen LogP contribution in [0.4, 0.5) is 0 Å². The van der Waals surface area contributed by atoms with E-state index >= 15 is 0 Å². The van der Waals surface area contributed by atoms with Gasteiger partial charge in [0, 0.05) is 0 Å². The molecule has 2 bridgehead atoms. The number of aliphatic imine (C=N–C) groups is 4. The van der Waals surface area contributed by atoms with Crippen LogP contribution in [0.2, 0.25) is 0 Å². The van der Waals surface area contributed by atoms with E-state index in [1.165, 1.54) is 36.2 Å². The molecule has 8 heteroatoms. The fourth-order valence-corrected chi connectivity index (χ4v) is 2.36. The Morgan fingerprint density at radius 3 is 1.05 bits per heavy atom. The molecule has 0 heterocycles. The van der Waals surface area contributed by atoms with Gasteiger partial charge >= 0.3 is 0 Å². The van der Waals surface area contributed by atoms with E-state index in [0.29, 0.717) is 0 Å². The van der Waals surface area contributed by atoms with Crippen LogP contribution in [0.5, 0.6) is 0 Å². The Bertz CT molecular complexity index is 398. The van der Waals surface area contributed by atoms with E-state index in [1.807, 2.05) is 0 Å². The number of rotatable bonds is 4. The first kappa shape index (κ1) is 18.5. The van der Waals surface area contributed by atoms with Crippen LogP contribution < -0.4 is 0 Å². The first-order valence-electron chi connectivity index (χ1n) is 6.43. The van der Waals surface area contributed by atoms with Crippen LogP contribution in [-0.2, 0) is 19.2 Å². The number of hydrogen-bond donors (Lipinski definition) is 0. The zero-order valence-corrected chi connectivity index (χ0v) is 11.5. The highest BCUT2D eigenvalue weighted by Crippen LogP contribution is 2.43. The number of carbonyl (C=O) groups excluding carboxylic acids is 4.